The highest BCUT2D eigenvalue weighted by Crippen LogP contribution is 2.22. The van der Waals surface area contributed by atoms with Crippen LogP contribution in [0.3, 0.4) is 0 Å². The number of methoxy groups -OCH3 is 1. The Hall–Kier alpha value is -2.11. The van der Waals surface area contributed by atoms with Crippen LogP contribution in [0.4, 0.5) is 4.39 Å². The fraction of sp³-hybridized carbons (Fsp3) is 0.467. The molecule has 0 heterocycles. The molecular weight excluding hydrogens is 277 g/mol. The Morgan fingerprint density at radius 3 is 2.38 bits per heavy atom. The van der Waals surface area contributed by atoms with Crippen LogP contribution in [0.25, 0.3) is 0 Å². The van der Waals surface area contributed by atoms with Gasteiger partial charge in [-0.1, -0.05) is 13.8 Å². The van der Waals surface area contributed by atoms with Gasteiger partial charge in [-0.2, -0.15) is 0 Å². The molecular formula is C15H20FNO4. The zero-order valence-corrected chi connectivity index (χ0v) is 12.4. The predicted octanol–water partition coefficient (Wildman–Crippen LogP) is 2.60. The third-order valence-corrected chi connectivity index (χ3v) is 3.64. The van der Waals surface area contributed by atoms with E-state index < -0.39 is 23.2 Å². The number of carbonyl (C=O) groups excluding carboxylic acids is 1. The van der Waals surface area contributed by atoms with Crippen molar-refractivity contribution in [3.63, 3.8) is 0 Å². The van der Waals surface area contributed by atoms with Crippen molar-refractivity contribution in [3.8, 4) is 5.75 Å². The van der Waals surface area contributed by atoms with Crippen molar-refractivity contribution < 1.29 is 23.8 Å². The molecule has 2 N–H and O–H groups in total. The minimum Gasteiger partial charge on any atom is -0.494 e. The number of hydrogen-bond acceptors (Lipinski definition) is 3. The number of nitrogens with one attached hydrogen (secondary N) is 1. The van der Waals surface area contributed by atoms with Crippen LogP contribution in [0, 0.1) is 5.82 Å². The van der Waals surface area contributed by atoms with Gasteiger partial charge in [0.2, 0.25) is 0 Å². The van der Waals surface area contributed by atoms with Gasteiger partial charge in [0.1, 0.15) is 0 Å². The molecule has 0 saturated carbocycles. The maximum atomic E-state index is 13.6. The van der Waals surface area contributed by atoms with E-state index >= 15 is 0 Å². The van der Waals surface area contributed by atoms with Gasteiger partial charge >= 0.3 is 5.97 Å². The molecule has 0 unspecified atom stereocenters. The number of carboxylic acid groups (broad SMARTS) is 1. The Bertz CT molecular complexity index is 526. The van der Waals surface area contributed by atoms with Crippen LogP contribution in [-0.4, -0.2) is 29.6 Å². The molecule has 116 valence electrons. The van der Waals surface area contributed by atoms with E-state index in [2.05, 4.69) is 5.32 Å². The van der Waals surface area contributed by atoms with Crippen molar-refractivity contribution in [2.24, 2.45) is 0 Å². The van der Waals surface area contributed by atoms with Crippen molar-refractivity contribution in [2.45, 2.75) is 38.6 Å². The first-order valence-electron chi connectivity index (χ1n) is 6.75. The van der Waals surface area contributed by atoms with Crippen molar-refractivity contribution in [3.05, 3.63) is 29.6 Å². The summed E-state index contributed by atoms with van der Waals surface area (Å²) in [7, 11) is 1.34. The maximum Gasteiger partial charge on any atom is 0.305 e. The molecule has 0 atom stereocenters. The fourth-order valence-corrected chi connectivity index (χ4v) is 2.13. The monoisotopic (exact) mass is 297 g/mol. The van der Waals surface area contributed by atoms with Gasteiger partial charge in [-0.3, -0.25) is 9.59 Å². The topological polar surface area (TPSA) is 75.6 Å². The largest absolute Gasteiger partial charge is 0.494 e. The molecule has 0 aliphatic carbocycles. The van der Waals surface area contributed by atoms with E-state index in [0.717, 1.165) is 6.07 Å². The van der Waals surface area contributed by atoms with E-state index in [-0.39, 0.29) is 17.7 Å². The van der Waals surface area contributed by atoms with Crippen molar-refractivity contribution in [1.82, 2.24) is 5.32 Å². The molecule has 1 amide bonds. The molecule has 1 aromatic rings. The normalized spacial score (nSPS) is 11.0. The van der Waals surface area contributed by atoms with E-state index in [1.165, 1.54) is 19.2 Å². The van der Waals surface area contributed by atoms with Crippen molar-refractivity contribution in [2.75, 3.05) is 7.11 Å². The summed E-state index contributed by atoms with van der Waals surface area (Å²) in [6, 6.07) is 3.88. The lowest BCUT2D eigenvalue weighted by atomic mass is 9.88. The second kappa shape index (κ2) is 7.06. The number of carbonyl (C=O) groups is 2. The number of rotatable bonds is 7. The predicted molar refractivity (Wildman–Crippen MR) is 76.0 cm³/mol. The summed E-state index contributed by atoms with van der Waals surface area (Å²) in [6.07, 6.45) is 0.769. The smallest absolute Gasteiger partial charge is 0.305 e. The SMILES string of the molecule is CCC(CC)(CC(=O)O)NC(=O)c1ccc(OC)c(F)c1. The third kappa shape index (κ3) is 4.18. The minimum absolute atomic E-state index is 0.0503. The van der Waals surface area contributed by atoms with Gasteiger partial charge < -0.3 is 15.2 Å². The molecule has 1 aromatic carbocycles. The molecule has 0 saturated heterocycles. The summed E-state index contributed by atoms with van der Waals surface area (Å²) in [6.45, 7) is 3.61. The van der Waals surface area contributed by atoms with Gasteiger partial charge in [0.25, 0.3) is 5.91 Å². The number of amides is 1. The molecule has 6 heteroatoms. The summed E-state index contributed by atoms with van der Waals surface area (Å²) >= 11 is 0. The average molecular weight is 297 g/mol. The lowest BCUT2D eigenvalue weighted by molar-refractivity contribution is -0.138. The molecule has 0 radical (unpaired) electrons. The first-order valence-corrected chi connectivity index (χ1v) is 6.75. The van der Waals surface area contributed by atoms with E-state index in [1.807, 2.05) is 0 Å². The number of aliphatic carboxylic acids is 1. The second-order valence-corrected chi connectivity index (χ2v) is 4.86. The van der Waals surface area contributed by atoms with Crippen LogP contribution in [0.15, 0.2) is 18.2 Å². The van der Waals surface area contributed by atoms with Gasteiger partial charge in [-0.15, -0.1) is 0 Å². The molecule has 0 aromatic heterocycles. The van der Waals surface area contributed by atoms with Crippen molar-refractivity contribution >= 4 is 11.9 Å². The summed E-state index contributed by atoms with van der Waals surface area (Å²) in [4.78, 5) is 23.2. The zero-order valence-electron chi connectivity index (χ0n) is 12.4. The molecule has 21 heavy (non-hydrogen) atoms. The van der Waals surface area contributed by atoms with E-state index in [0.29, 0.717) is 12.8 Å². The van der Waals surface area contributed by atoms with Gasteiger partial charge in [0, 0.05) is 5.56 Å². The third-order valence-electron chi connectivity index (χ3n) is 3.64. The van der Waals surface area contributed by atoms with Crippen LogP contribution in [-0.2, 0) is 4.79 Å². The molecule has 0 bridgehead atoms. The fourth-order valence-electron chi connectivity index (χ4n) is 2.13. The first kappa shape index (κ1) is 16.9. The lowest BCUT2D eigenvalue weighted by Gasteiger charge is -2.31. The van der Waals surface area contributed by atoms with Gasteiger partial charge in [-0.05, 0) is 31.0 Å². The summed E-state index contributed by atoms with van der Waals surface area (Å²) in [5.41, 5.74) is -0.704. The zero-order chi connectivity index (χ0) is 16.0. The number of hydrogen-bond donors (Lipinski definition) is 2. The molecule has 0 aliphatic heterocycles. The Morgan fingerprint density at radius 1 is 1.33 bits per heavy atom. The molecule has 1 rings (SSSR count). The van der Waals surface area contributed by atoms with E-state index in [9.17, 15) is 14.0 Å². The van der Waals surface area contributed by atoms with Crippen molar-refractivity contribution in [1.29, 1.82) is 0 Å². The average Bonchev–Trinajstić information content (AvgIpc) is 2.45. The summed E-state index contributed by atoms with van der Waals surface area (Å²) < 4.78 is 18.4. The highest BCUT2D eigenvalue weighted by molar-refractivity contribution is 5.95. The number of ether oxygens (including phenoxy) is 1. The Balaban J connectivity index is 2.96. The Labute approximate surface area is 123 Å². The number of benzene rings is 1. The first-order chi connectivity index (χ1) is 9.87. The van der Waals surface area contributed by atoms with E-state index in [4.69, 9.17) is 9.84 Å². The van der Waals surface area contributed by atoms with Crippen LogP contribution in [0.1, 0.15) is 43.5 Å². The number of halogens is 1. The van der Waals surface area contributed by atoms with Crippen LogP contribution < -0.4 is 10.1 Å². The standard InChI is InChI=1S/C15H20FNO4/c1-4-15(5-2,9-13(18)19)17-14(20)10-6-7-12(21-3)11(16)8-10/h6-8H,4-5,9H2,1-3H3,(H,17,20)(H,18,19). The van der Waals surface area contributed by atoms with Gasteiger partial charge in [0.05, 0.1) is 19.1 Å². The second-order valence-electron chi connectivity index (χ2n) is 4.86. The molecule has 0 fully saturated rings. The molecule has 0 spiro atoms. The van der Waals surface area contributed by atoms with Gasteiger partial charge in [-0.25, -0.2) is 4.39 Å². The van der Waals surface area contributed by atoms with Gasteiger partial charge in [0.15, 0.2) is 11.6 Å². The Morgan fingerprint density at radius 2 is 1.95 bits per heavy atom. The summed E-state index contributed by atoms with van der Waals surface area (Å²) in [5, 5.41) is 11.7. The highest BCUT2D eigenvalue weighted by atomic mass is 19.1. The minimum atomic E-state index is -0.986. The molecule has 5 nitrogen and oxygen atoms in total. The van der Waals surface area contributed by atoms with Crippen LogP contribution in [0.5, 0.6) is 5.75 Å². The Kier molecular flexibility index (Phi) is 5.69. The van der Waals surface area contributed by atoms with Crippen LogP contribution >= 0.6 is 0 Å². The summed E-state index contributed by atoms with van der Waals surface area (Å²) in [5.74, 6) is -2.07. The molecule has 0 aliphatic rings. The number of carboxylic acids is 1. The lowest BCUT2D eigenvalue weighted by Crippen LogP contribution is -2.49. The highest BCUT2D eigenvalue weighted by Gasteiger charge is 2.31. The maximum absolute atomic E-state index is 13.6. The van der Waals surface area contributed by atoms with E-state index in [1.54, 1.807) is 13.8 Å². The quantitative estimate of drug-likeness (QED) is 0.811. The van der Waals surface area contributed by atoms with Crippen LogP contribution in [0.2, 0.25) is 0 Å².